The third-order valence-corrected chi connectivity index (χ3v) is 3.74. The number of fused-ring (bicyclic) bond motifs is 2. The molecule has 0 N–H and O–H groups in total. The van der Waals surface area contributed by atoms with Gasteiger partial charge in [0.05, 0.1) is 13.5 Å². The molecule has 0 fully saturated rings. The van der Waals surface area contributed by atoms with E-state index in [1.54, 1.807) is 6.07 Å². The van der Waals surface area contributed by atoms with Crippen molar-refractivity contribution in [1.82, 2.24) is 0 Å². The third-order valence-electron chi connectivity index (χ3n) is 3.74. The van der Waals surface area contributed by atoms with Crippen LogP contribution in [0.25, 0.3) is 0 Å². The fourth-order valence-electron chi connectivity index (χ4n) is 2.53. The maximum atomic E-state index is 12.1. The van der Waals surface area contributed by atoms with Crippen LogP contribution in [0.1, 0.15) is 34.3 Å². The Labute approximate surface area is 128 Å². The number of esters is 1. The summed E-state index contributed by atoms with van der Waals surface area (Å²) in [6.07, 6.45) is 0.998. The lowest BCUT2D eigenvalue weighted by molar-refractivity contribution is -0.140. The molecule has 22 heavy (non-hydrogen) atoms. The molecule has 4 nitrogen and oxygen atoms in total. The van der Waals surface area contributed by atoms with Gasteiger partial charge >= 0.3 is 5.97 Å². The lowest BCUT2D eigenvalue weighted by Crippen LogP contribution is -2.08. The van der Waals surface area contributed by atoms with Crippen LogP contribution in [0.4, 0.5) is 0 Å². The number of carbonyl (C=O) groups excluding carboxylic acids is 2. The minimum absolute atomic E-state index is 0.0629. The number of hydrogen-bond donors (Lipinski definition) is 0. The summed E-state index contributed by atoms with van der Waals surface area (Å²) in [7, 11) is 1.32. The molecular formula is C18H16O4. The fraction of sp³-hybridized carbons (Fsp3) is 0.222. The Hall–Kier alpha value is -2.62. The van der Waals surface area contributed by atoms with Gasteiger partial charge < -0.3 is 9.47 Å². The highest BCUT2D eigenvalue weighted by atomic mass is 16.5. The molecule has 0 saturated carbocycles. The largest absolute Gasteiger partial charge is 0.469 e. The van der Waals surface area contributed by atoms with E-state index in [0.29, 0.717) is 5.56 Å². The first-order chi connectivity index (χ1) is 10.7. The predicted octanol–water partition coefficient (Wildman–Crippen LogP) is 3.52. The summed E-state index contributed by atoms with van der Waals surface area (Å²) in [6.45, 7) is 0. The van der Waals surface area contributed by atoms with Gasteiger partial charge in [0.1, 0.15) is 11.5 Å². The summed E-state index contributed by atoms with van der Waals surface area (Å²) < 4.78 is 10.4. The molecule has 1 aliphatic rings. The molecule has 2 aromatic carbocycles. The zero-order valence-corrected chi connectivity index (χ0v) is 12.3. The number of benzene rings is 2. The van der Waals surface area contributed by atoms with Crippen LogP contribution in [-0.4, -0.2) is 18.9 Å². The first-order valence-corrected chi connectivity index (χ1v) is 7.16. The van der Waals surface area contributed by atoms with Crippen molar-refractivity contribution in [3.05, 3.63) is 59.2 Å². The van der Waals surface area contributed by atoms with E-state index in [0.717, 1.165) is 29.0 Å². The van der Waals surface area contributed by atoms with E-state index >= 15 is 0 Å². The second kappa shape index (κ2) is 6.02. The summed E-state index contributed by atoms with van der Waals surface area (Å²) in [5, 5.41) is 0. The van der Waals surface area contributed by atoms with E-state index in [1.165, 1.54) is 7.11 Å². The minimum Gasteiger partial charge on any atom is -0.469 e. The van der Waals surface area contributed by atoms with Gasteiger partial charge in [0.2, 0.25) is 0 Å². The highest BCUT2D eigenvalue weighted by Crippen LogP contribution is 2.36. The standard InChI is InChI=1S/C18H16O4/c1-21-18(20)9-7-15(19)12-6-8-17-14(10-12)11-13-4-2-3-5-16(13)22-17/h2-6,8,10H,7,9,11H2,1H3. The quantitative estimate of drug-likeness (QED) is 0.546. The van der Waals surface area contributed by atoms with Crippen molar-refractivity contribution in [1.29, 1.82) is 0 Å². The first kappa shape index (κ1) is 14.3. The van der Waals surface area contributed by atoms with Crippen LogP contribution in [0.5, 0.6) is 11.5 Å². The Morgan fingerprint density at radius 3 is 2.64 bits per heavy atom. The molecule has 3 rings (SSSR count). The van der Waals surface area contributed by atoms with E-state index in [4.69, 9.17) is 4.74 Å². The van der Waals surface area contributed by atoms with Crippen molar-refractivity contribution in [2.45, 2.75) is 19.3 Å². The molecule has 0 aliphatic carbocycles. The van der Waals surface area contributed by atoms with Gasteiger partial charge in [-0.15, -0.1) is 0 Å². The maximum absolute atomic E-state index is 12.1. The first-order valence-electron chi connectivity index (χ1n) is 7.16. The van der Waals surface area contributed by atoms with Crippen molar-refractivity contribution < 1.29 is 19.1 Å². The molecule has 1 aliphatic heterocycles. The molecule has 0 amide bonds. The number of ether oxygens (including phenoxy) is 2. The molecule has 0 aromatic heterocycles. The van der Waals surface area contributed by atoms with Gasteiger partial charge in [-0.1, -0.05) is 18.2 Å². The maximum Gasteiger partial charge on any atom is 0.305 e. The topological polar surface area (TPSA) is 52.6 Å². The molecule has 0 radical (unpaired) electrons. The monoisotopic (exact) mass is 296 g/mol. The van der Waals surface area contributed by atoms with Crippen LogP contribution in [0, 0.1) is 0 Å². The normalized spacial score (nSPS) is 11.9. The highest BCUT2D eigenvalue weighted by molar-refractivity contribution is 5.98. The summed E-state index contributed by atoms with van der Waals surface area (Å²) in [5.74, 6) is 1.21. The Kier molecular flexibility index (Phi) is 3.92. The Bertz CT molecular complexity index is 734. The number of methoxy groups -OCH3 is 1. The highest BCUT2D eigenvalue weighted by Gasteiger charge is 2.18. The van der Waals surface area contributed by atoms with Crippen LogP contribution in [0.3, 0.4) is 0 Å². The summed E-state index contributed by atoms with van der Waals surface area (Å²) in [4.78, 5) is 23.3. The minimum atomic E-state index is -0.372. The molecule has 1 heterocycles. The Morgan fingerprint density at radius 2 is 1.82 bits per heavy atom. The van der Waals surface area contributed by atoms with Gasteiger partial charge in [-0.3, -0.25) is 9.59 Å². The molecule has 112 valence electrons. The van der Waals surface area contributed by atoms with E-state index in [1.807, 2.05) is 36.4 Å². The number of carbonyl (C=O) groups is 2. The number of ketones is 1. The zero-order chi connectivity index (χ0) is 15.5. The average Bonchev–Trinajstić information content (AvgIpc) is 2.56. The molecule has 0 bridgehead atoms. The number of rotatable bonds is 4. The van der Waals surface area contributed by atoms with Gasteiger partial charge in [0, 0.05) is 24.0 Å². The number of para-hydroxylation sites is 1. The van der Waals surface area contributed by atoms with Crippen molar-refractivity contribution >= 4 is 11.8 Å². The van der Waals surface area contributed by atoms with Crippen molar-refractivity contribution in [2.24, 2.45) is 0 Å². The Morgan fingerprint density at radius 1 is 1.05 bits per heavy atom. The van der Waals surface area contributed by atoms with E-state index in [-0.39, 0.29) is 24.6 Å². The SMILES string of the molecule is COC(=O)CCC(=O)c1ccc2c(c1)Cc1ccccc1O2. The molecule has 0 spiro atoms. The predicted molar refractivity (Wildman–Crippen MR) is 81.3 cm³/mol. The van der Waals surface area contributed by atoms with Gasteiger partial charge in [0.15, 0.2) is 5.78 Å². The average molecular weight is 296 g/mol. The van der Waals surface area contributed by atoms with Crippen LogP contribution in [0.15, 0.2) is 42.5 Å². The van der Waals surface area contributed by atoms with Gasteiger partial charge in [-0.2, -0.15) is 0 Å². The van der Waals surface area contributed by atoms with Gasteiger partial charge in [-0.05, 0) is 29.8 Å². The lowest BCUT2D eigenvalue weighted by Gasteiger charge is -2.20. The van der Waals surface area contributed by atoms with Crippen LogP contribution in [-0.2, 0) is 16.0 Å². The summed E-state index contributed by atoms with van der Waals surface area (Å²) in [5.41, 5.74) is 2.70. The van der Waals surface area contributed by atoms with Crippen LogP contribution < -0.4 is 4.74 Å². The molecule has 0 unspecified atom stereocenters. The zero-order valence-electron chi connectivity index (χ0n) is 12.3. The fourth-order valence-corrected chi connectivity index (χ4v) is 2.53. The van der Waals surface area contributed by atoms with Crippen LogP contribution in [0.2, 0.25) is 0 Å². The number of hydrogen-bond acceptors (Lipinski definition) is 4. The molecule has 4 heteroatoms. The molecule has 0 saturated heterocycles. The summed E-state index contributed by atoms with van der Waals surface area (Å²) >= 11 is 0. The van der Waals surface area contributed by atoms with E-state index in [9.17, 15) is 9.59 Å². The van der Waals surface area contributed by atoms with E-state index in [2.05, 4.69) is 4.74 Å². The number of Topliss-reactive ketones (excluding diaryl/α,β-unsaturated/α-hetero) is 1. The smallest absolute Gasteiger partial charge is 0.305 e. The molecule has 2 aromatic rings. The third kappa shape index (κ3) is 2.86. The molecule has 0 atom stereocenters. The summed E-state index contributed by atoms with van der Waals surface area (Å²) in [6, 6.07) is 13.3. The Balaban J connectivity index is 1.78. The molecular weight excluding hydrogens is 280 g/mol. The van der Waals surface area contributed by atoms with Gasteiger partial charge in [0.25, 0.3) is 0 Å². The van der Waals surface area contributed by atoms with Crippen LogP contribution >= 0.6 is 0 Å². The lowest BCUT2D eigenvalue weighted by atomic mass is 9.96. The van der Waals surface area contributed by atoms with Crippen molar-refractivity contribution in [3.8, 4) is 11.5 Å². The van der Waals surface area contributed by atoms with Crippen molar-refractivity contribution in [2.75, 3.05) is 7.11 Å². The second-order valence-corrected chi connectivity index (χ2v) is 5.21. The second-order valence-electron chi connectivity index (χ2n) is 5.21. The van der Waals surface area contributed by atoms with Gasteiger partial charge in [-0.25, -0.2) is 0 Å². The van der Waals surface area contributed by atoms with E-state index < -0.39 is 0 Å². The van der Waals surface area contributed by atoms with Crippen molar-refractivity contribution in [3.63, 3.8) is 0 Å².